The smallest absolute Gasteiger partial charge is 0.382 e. The van der Waals surface area contributed by atoms with Crippen molar-refractivity contribution in [1.82, 2.24) is 0 Å². The number of halogens is 3. The van der Waals surface area contributed by atoms with E-state index < -0.39 is 17.4 Å². The lowest BCUT2D eigenvalue weighted by Gasteiger charge is -2.29. The second-order valence-corrected chi connectivity index (χ2v) is 5.95. The summed E-state index contributed by atoms with van der Waals surface area (Å²) < 4.78 is 44.2. The molecule has 0 aliphatic heterocycles. The third-order valence-corrected chi connectivity index (χ3v) is 3.97. The van der Waals surface area contributed by atoms with E-state index in [1.165, 1.54) is 13.0 Å². The minimum atomic E-state index is -4.63. The number of carbonyl (C=O) groups is 1. The van der Waals surface area contributed by atoms with Crippen LogP contribution in [0.5, 0.6) is 0 Å². The highest BCUT2D eigenvalue weighted by Crippen LogP contribution is 2.38. The summed E-state index contributed by atoms with van der Waals surface area (Å²) in [6.45, 7) is 1.56. The van der Waals surface area contributed by atoms with Gasteiger partial charge in [-0.15, -0.1) is 4.91 Å². The number of Topliss-reactive ketones (excluding diaryl/α,β-unsaturated/α-hetero) is 1. The number of alkyl halides is 3. The van der Waals surface area contributed by atoms with E-state index in [9.17, 15) is 22.9 Å². The zero-order valence-corrected chi connectivity index (χ0v) is 13.2. The normalized spacial score (nSPS) is 21.3. The first kappa shape index (κ1) is 18.4. The first-order valence-corrected chi connectivity index (χ1v) is 7.71. The van der Waals surface area contributed by atoms with Crippen molar-refractivity contribution in [2.24, 2.45) is 5.18 Å². The summed E-state index contributed by atoms with van der Waals surface area (Å²) in [6, 6.07) is 3.43. The molecule has 0 bridgehead atoms. The minimum absolute atomic E-state index is 0.0133. The van der Waals surface area contributed by atoms with E-state index in [-0.39, 0.29) is 24.5 Å². The molecule has 8 heteroatoms. The molecule has 0 spiro atoms. The van der Waals surface area contributed by atoms with Crippen molar-refractivity contribution in [3.8, 4) is 0 Å². The standard InChI is InChI=1S/C16H19F3N2O3/c1-10(22)9-24-13-5-2-11(3-6-13)20-12-4-7-15(21-23)14(8-12)16(17,18)19/h4,7-8,11,13,20H,2-3,5-6,9H2,1H3. The second-order valence-electron chi connectivity index (χ2n) is 5.95. The molecular weight excluding hydrogens is 325 g/mol. The maximum absolute atomic E-state index is 12.9. The molecule has 1 aromatic carbocycles. The third kappa shape index (κ3) is 5.02. The zero-order chi connectivity index (χ0) is 17.7. The van der Waals surface area contributed by atoms with E-state index in [4.69, 9.17) is 4.74 Å². The third-order valence-electron chi connectivity index (χ3n) is 3.97. The molecular formula is C16H19F3N2O3. The Morgan fingerprint density at radius 3 is 2.50 bits per heavy atom. The van der Waals surface area contributed by atoms with Gasteiger partial charge in [-0.05, 0) is 56.0 Å². The number of ketones is 1. The van der Waals surface area contributed by atoms with Crippen LogP contribution in [-0.2, 0) is 15.7 Å². The number of ether oxygens (including phenoxy) is 1. The monoisotopic (exact) mass is 344 g/mol. The van der Waals surface area contributed by atoms with Gasteiger partial charge in [0, 0.05) is 11.7 Å². The number of hydrogen-bond acceptors (Lipinski definition) is 5. The van der Waals surface area contributed by atoms with Crippen LogP contribution < -0.4 is 5.32 Å². The molecule has 0 unspecified atom stereocenters. The predicted molar refractivity (Wildman–Crippen MR) is 83.2 cm³/mol. The zero-order valence-electron chi connectivity index (χ0n) is 13.2. The van der Waals surface area contributed by atoms with Gasteiger partial charge >= 0.3 is 6.18 Å². The SMILES string of the molecule is CC(=O)COC1CCC(Nc2ccc(N=O)c(C(F)(F)F)c2)CC1. The molecule has 1 aromatic rings. The Morgan fingerprint density at radius 2 is 1.96 bits per heavy atom. The molecule has 1 aliphatic carbocycles. The summed E-state index contributed by atoms with van der Waals surface area (Å²) in [5.74, 6) is -0.0289. The van der Waals surface area contributed by atoms with Crippen molar-refractivity contribution < 1.29 is 22.7 Å². The van der Waals surface area contributed by atoms with Crippen LogP contribution in [0.2, 0.25) is 0 Å². The minimum Gasteiger partial charge on any atom is -0.382 e. The largest absolute Gasteiger partial charge is 0.418 e. The number of hydrogen-bond donors (Lipinski definition) is 1. The van der Waals surface area contributed by atoms with Crippen LogP contribution in [0.3, 0.4) is 0 Å². The Bertz CT molecular complexity index is 597. The topological polar surface area (TPSA) is 67.8 Å². The summed E-state index contributed by atoms with van der Waals surface area (Å²) in [4.78, 5) is 21.4. The lowest BCUT2D eigenvalue weighted by Crippen LogP contribution is -2.30. The number of benzene rings is 1. The average Bonchev–Trinajstić information content (AvgIpc) is 2.53. The molecule has 0 radical (unpaired) electrons. The van der Waals surface area contributed by atoms with Crippen LogP contribution >= 0.6 is 0 Å². The summed E-state index contributed by atoms with van der Waals surface area (Å²) in [6.07, 6.45) is -1.66. The molecule has 2 rings (SSSR count). The van der Waals surface area contributed by atoms with Crippen LogP contribution in [0.15, 0.2) is 23.4 Å². The van der Waals surface area contributed by atoms with Crippen molar-refractivity contribution in [3.63, 3.8) is 0 Å². The Labute approximate surface area is 137 Å². The maximum Gasteiger partial charge on any atom is 0.418 e. The average molecular weight is 344 g/mol. The van der Waals surface area contributed by atoms with Crippen LogP contribution in [0.25, 0.3) is 0 Å². The molecule has 0 atom stereocenters. The van der Waals surface area contributed by atoms with Crippen LogP contribution in [-0.4, -0.2) is 24.5 Å². The summed E-state index contributed by atoms with van der Waals surface area (Å²) >= 11 is 0. The molecule has 5 nitrogen and oxygen atoms in total. The van der Waals surface area contributed by atoms with E-state index in [1.54, 1.807) is 0 Å². The molecule has 1 aliphatic rings. The van der Waals surface area contributed by atoms with Gasteiger partial charge in [0.25, 0.3) is 0 Å². The lowest BCUT2D eigenvalue weighted by molar-refractivity contribution is -0.137. The van der Waals surface area contributed by atoms with Gasteiger partial charge in [0.05, 0.1) is 11.7 Å². The molecule has 0 aromatic heterocycles. The highest BCUT2D eigenvalue weighted by molar-refractivity contribution is 5.76. The Hall–Kier alpha value is -1.96. The molecule has 0 amide bonds. The van der Waals surface area contributed by atoms with Gasteiger partial charge in [-0.1, -0.05) is 0 Å². The quantitative estimate of drug-likeness (QED) is 0.775. The fraction of sp³-hybridized carbons (Fsp3) is 0.562. The Balaban J connectivity index is 1.95. The number of rotatable bonds is 6. The molecule has 0 heterocycles. The van der Waals surface area contributed by atoms with Gasteiger partial charge in [0.1, 0.15) is 12.3 Å². The van der Waals surface area contributed by atoms with Crippen molar-refractivity contribution >= 4 is 17.2 Å². The van der Waals surface area contributed by atoms with Crippen molar-refractivity contribution in [2.45, 2.75) is 50.9 Å². The lowest BCUT2D eigenvalue weighted by atomic mass is 9.92. The van der Waals surface area contributed by atoms with Gasteiger partial charge in [0.2, 0.25) is 0 Å². The summed E-state index contributed by atoms with van der Waals surface area (Å²) in [7, 11) is 0. The molecule has 24 heavy (non-hydrogen) atoms. The fourth-order valence-corrected chi connectivity index (χ4v) is 2.78. The highest BCUT2D eigenvalue weighted by atomic mass is 19.4. The first-order valence-electron chi connectivity index (χ1n) is 7.71. The maximum atomic E-state index is 12.9. The number of nitrogens with zero attached hydrogens (tertiary/aromatic N) is 1. The van der Waals surface area contributed by atoms with Crippen LogP contribution in [0.1, 0.15) is 38.2 Å². The molecule has 132 valence electrons. The van der Waals surface area contributed by atoms with E-state index in [2.05, 4.69) is 10.5 Å². The fourth-order valence-electron chi connectivity index (χ4n) is 2.78. The van der Waals surface area contributed by atoms with Gasteiger partial charge in [-0.25, -0.2) is 0 Å². The van der Waals surface area contributed by atoms with Crippen molar-refractivity contribution in [2.75, 3.05) is 11.9 Å². The van der Waals surface area contributed by atoms with Crippen LogP contribution in [0.4, 0.5) is 24.5 Å². The summed E-state index contributed by atoms with van der Waals surface area (Å²) in [5.41, 5.74) is -1.35. The van der Waals surface area contributed by atoms with Gasteiger partial charge < -0.3 is 10.1 Å². The Kier molecular flexibility index (Phi) is 5.93. The van der Waals surface area contributed by atoms with E-state index in [0.717, 1.165) is 37.8 Å². The molecule has 1 saturated carbocycles. The molecule has 0 saturated heterocycles. The number of anilines is 1. The first-order chi connectivity index (χ1) is 11.3. The second kappa shape index (κ2) is 7.74. The predicted octanol–water partition coefficient (Wildman–Crippen LogP) is 4.43. The Morgan fingerprint density at radius 1 is 1.29 bits per heavy atom. The van der Waals surface area contributed by atoms with E-state index in [1.807, 2.05) is 0 Å². The van der Waals surface area contributed by atoms with E-state index in [0.29, 0.717) is 5.69 Å². The summed E-state index contributed by atoms with van der Waals surface area (Å²) in [5, 5.41) is 5.49. The number of nitroso groups, excluding NO2 is 1. The van der Waals surface area contributed by atoms with Gasteiger partial charge in [-0.2, -0.15) is 13.2 Å². The van der Waals surface area contributed by atoms with E-state index >= 15 is 0 Å². The highest BCUT2D eigenvalue weighted by Gasteiger charge is 2.34. The molecule has 1 fully saturated rings. The molecule has 1 N–H and O–H groups in total. The van der Waals surface area contributed by atoms with Crippen LogP contribution in [0, 0.1) is 4.91 Å². The number of nitrogens with one attached hydrogen (secondary N) is 1. The van der Waals surface area contributed by atoms with Crippen molar-refractivity contribution in [3.05, 3.63) is 28.7 Å². The van der Waals surface area contributed by atoms with Crippen molar-refractivity contribution in [1.29, 1.82) is 0 Å². The van der Waals surface area contributed by atoms with Gasteiger partial charge in [0.15, 0.2) is 5.78 Å². The van der Waals surface area contributed by atoms with Gasteiger partial charge in [-0.3, -0.25) is 4.79 Å². The number of carbonyl (C=O) groups excluding carboxylic acids is 1.